The van der Waals surface area contributed by atoms with Crippen molar-refractivity contribution in [3.63, 3.8) is 0 Å². The summed E-state index contributed by atoms with van der Waals surface area (Å²) in [5.74, 6) is 0.671. The maximum absolute atomic E-state index is 12.9. The van der Waals surface area contributed by atoms with E-state index in [0.717, 1.165) is 39.9 Å². The molecule has 25 heavy (non-hydrogen) atoms. The van der Waals surface area contributed by atoms with Crippen molar-refractivity contribution in [2.75, 3.05) is 0 Å². The van der Waals surface area contributed by atoms with E-state index in [2.05, 4.69) is 29.8 Å². The number of Topliss-reactive ketones (excluding diaryl/α,β-unsaturated/α-hetero) is 2. The minimum absolute atomic E-state index is 0.157. The van der Waals surface area contributed by atoms with Gasteiger partial charge in [0, 0.05) is 40.2 Å². The molecule has 0 bridgehead atoms. The Balaban J connectivity index is 1.88. The minimum Gasteiger partial charge on any atom is -0.299 e. The van der Waals surface area contributed by atoms with E-state index in [1.165, 1.54) is 0 Å². The molecule has 2 aliphatic carbocycles. The molecule has 1 saturated carbocycles. The van der Waals surface area contributed by atoms with Gasteiger partial charge in [-0.05, 0) is 42.4 Å². The number of nitrogens with zero attached hydrogens (tertiary/aromatic N) is 1. The number of rotatable bonds is 1. The van der Waals surface area contributed by atoms with Crippen LogP contribution in [-0.2, 0) is 9.59 Å². The van der Waals surface area contributed by atoms with Gasteiger partial charge in [0.2, 0.25) is 0 Å². The van der Waals surface area contributed by atoms with Crippen molar-refractivity contribution in [2.45, 2.75) is 45.4 Å². The first-order valence-electron chi connectivity index (χ1n) is 9.06. The van der Waals surface area contributed by atoms with E-state index in [1.807, 2.05) is 24.3 Å². The second kappa shape index (κ2) is 6.31. The van der Waals surface area contributed by atoms with Crippen LogP contribution in [0.15, 0.2) is 45.0 Å². The molecule has 130 valence electrons. The van der Waals surface area contributed by atoms with Gasteiger partial charge in [0.1, 0.15) is 5.78 Å². The summed E-state index contributed by atoms with van der Waals surface area (Å²) in [7, 11) is 0. The molecule has 1 aliphatic heterocycles. The van der Waals surface area contributed by atoms with Crippen LogP contribution >= 0.6 is 15.9 Å². The molecular formula is C21H22BrNO2. The van der Waals surface area contributed by atoms with Crippen molar-refractivity contribution in [3.8, 4) is 0 Å². The lowest BCUT2D eigenvalue weighted by atomic mass is 9.65. The fraction of sp³-hybridized carbons (Fsp3) is 0.476. The van der Waals surface area contributed by atoms with E-state index in [9.17, 15) is 9.59 Å². The van der Waals surface area contributed by atoms with Crippen molar-refractivity contribution in [1.82, 2.24) is 0 Å². The summed E-state index contributed by atoms with van der Waals surface area (Å²) in [6.45, 7) is 4.22. The van der Waals surface area contributed by atoms with Crippen LogP contribution in [0.4, 0.5) is 0 Å². The van der Waals surface area contributed by atoms with Crippen LogP contribution in [0, 0.1) is 17.8 Å². The number of hydrogen-bond donors (Lipinski definition) is 0. The van der Waals surface area contributed by atoms with Crippen LogP contribution in [0.1, 0.15) is 51.0 Å². The molecule has 0 aromatic heterocycles. The SMILES string of the molecule is CC1CC(=O)C2C(=NC3=C(C(=O)CC(C)C3)C2c2ccc(Br)cc2)C1. The Morgan fingerprint density at radius 1 is 0.920 bits per heavy atom. The number of fused-ring (bicyclic) bond motifs is 1. The molecule has 1 aromatic rings. The fourth-order valence-corrected chi connectivity index (χ4v) is 4.90. The number of benzene rings is 1. The molecule has 0 spiro atoms. The molecule has 4 atom stereocenters. The minimum atomic E-state index is -0.256. The highest BCUT2D eigenvalue weighted by molar-refractivity contribution is 9.10. The number of ketones is 2. The Morgan fingerprint density at radius 2 is 1.60 bits per heavy atom. The average molecular weight is 400 g/mol. The molecule has 0 radical (unpaired) electrons. The van der Waals surface area contributed by atoms with E-state index in [-0.39, 0.29) is 23.4 Å². The Hall–Kier alpha value is -1.55. The number of carbonyl (C=O) groups is 2. The molecule has 0 N–H and O–H groups in total. The van der Waals surface area contributed by atoms with Gasteiger partial charge >= 0.3 is 0 Å². The number of aliphatic imine (C=N–C) groups is 1. The molecule has 1 aromatic carbocycles. The molecule has 0 amide bonds. The first-order valence-corrected chi connectivity index (χ1v) is 9.85. The van der Waals surface area contributed by atoms with Gasteiger partial charge in [-0.1, -0.05) is 41.9 Å². The molecule has 3 aliphatic rings. The van der Waals surface area contributed by atoms with Crippen molar-refractivity contribution in [2.24, 2.45) is 22.7 Å². The maximum atomic E-state index is 12.9. The summed E-state index contributed by atoms with van der Waals surface area (Å²) in [6, 6.07) is 8.07. The highest BCUT2D eigenvalue weighted by Crippen LogP contribution is 2.47. The molecule has 3 nitrogen and oxygen atoms in total. The summed E-state index contributed by atoms with van der Waals surface area (Å²) in [5.41, 5.74) is 3.79. The second-order valence-corrected chi connectivity index (χ2v) is 8.80. The Kier molecular flexibility index (Phi) is 4.27. The molecular weight excluding hydrogens is 378 g/mol. The van der Waals surface area contributed by atoms with E-state index in [4.69, 9.17) is 4.99 Å². The van der Waals surface area contributed by atoms with E-state index in [1.54, 1.807) is 0 Å². The molecule has 1 fully saturated rings. The Labute approximate surface area is 156 Å². The summed E-state index contributed by atoms with van der Waals surface area (Å²) in [4.78, 5) is 30.7. The van der Waals surface area contributed by atoms with Gasteiger partial charge in [-0.3, -0.25) is 14.6 Å². The third kappa shape index (κ3) is 2.95. The van der Waals surface area contributed by atoms with Crippen LogP contribution in [0.25, 0.3) is 0 Å². The van der Waals surface area contributed by atoms with Crippen LogP contribution in [-0.4, -0.2) is 17.3 Å². The zero-order chi connectivity index (χ0) is 17.7. The van der Waals surface area contributed by atoms with E-state index in [0.29, 0.717) is 24.7 Å². The third-order valence-corrected chi connectivity index (χ3v) is 6.18. The summed E-state index contributed by atoms with van der Waals surface area (Å²) < 4.78 is 1.00. The first-order chi connectivity index (χ1) is 11.9. The zero-order valence-electron chi connectivity index (χ0n) is 14.6. The first kappa shape index (κ1) is 16.9. The summed E-state index contributed by atoms with van der Waals surface area (Å²) in [6.07, 6.45) is 2.85. The predicted molar refractivity (Wildman–Crippen MR) is 102 cm³/mol. The van der Waals surface area contributed by atoms with Gasteiger partial charge in [-0.25, -0.2) is 0 Å². The Morgan fingerprint density at radius 3 is 2.32 bits per heavy atom. The van der Waals surface area contributed by atoms with Gasteiger partial charge in [0.15, 0.2) is 5.78 Å². The smallest absolute Gasteiger partial charge is 0.161 e. The number of hydrogen-bond acceptors (Lipinski definition) is 3. The van der Waals surface area contributed by atoms with Crippen molar-refractivity contribution < 1.29 is 9.59 Å². The maximum Gasteiger partial charge on any atom is 0.161 e. The topological polar surface area (TPSA) is 46.5 Å². The Bertz CT molecular complexity index is 806. The van der Waals surface area contributed by atoms with Crippen molar-refractivity contribution in [3.05, 3.63) is 45.6 Å². The molecule has 4 heteroatoms. The van der Waals surface area contributed by atoms with Crippen molar-refractivity contribution in [1.29, 1.82) is 0 Å². The highest BCUT2D eigenvalue weighted by Gasteiger charge is 2.46. The molecule has 1 heterocycles. The van der Waals surface area contributed by atoms with Crippen LogP contribution in [0.5, 0.6) is 0 Å². The molecule has 4 unspecified atom stereocenters. The lowest BCUT2D eigenvalue weighted by Gasteiger charge is -2.40. The van der Waals surface area contributed by atoms with E-state index >= 15 is 0 Å². The van der Waals surface area contributed by atoms with Gasteiger partial charge in [-0.2, -0.15) is 0 Å². The lowest BCUT2D eigenvalue weighted by molar-refractivity contribution is -0.123. The van der Waals surface area contributed by atoms with Crippen LogP contribution in [0.3, 0.4) is 0 Å². The third-order valence-electron chi connectivity index (χ3n) is 5.65. The molecule has 0 saturated heterocycles. The van der Waals surface area contributed by atoms with Crippen LogP contribution < -0.4 is 0 Å². The number of halogens is 1. The largest absolute Gasteiger partial charge is 0.299 e. The summed E-state index contributed by atoms with van der Waals surface area (Å²) in [5, 5.41) is 0. The highest BCUT2D eigenvalue weighted by atomic mass is 79.9. The average Bonchev–Trinajstić information content (AvgIpc) is 2.53. The van der Waals surface area contributed by atoms with Crippen LogP contribution in [0.2, 0.25) is 0 Å². The van der Waals surface area contributed by atoms with Gasteiger partial charge < -0.3 is 0 Å². The fourth-order valence-electron chi connectivity index (χ4n) is 4.63. The van der Waals surface area contributed by atoms with E-state index < -0.39 is 0 Å². The standard InChI is InChI=1S/C21H22BrNO2/c1-11-7-15-20(17(24)9-11)19(13-3-5-14(22)6-4-13)21-16(23-15)8-12(2)10-18(21)25/h3-6,11-12,19-20H,7-10H2,1-2H3. The van der Waals surface area contributed by atoms with Gasteiger partial charge in [-0.15, -0.1) is 0 Å². The summed E-state index contributed by atoms with van der Waals surface area (Å²) >= 11 is 3.48. The molecule has 4 rings (SSSR count). The predicted octanol–water partition coefficient (Wildman–Crippen LogP) is 4.86. The zero-order valence-corrected chi connectivity index (χ0v) is 16.2. The monoisotopic (exact) mass is 399 g/mol. The number of carbonyl (C=O) groups excluding carboxylic acids is 2. The normalized spacial score (nSPS) is 32.2. The lowest BCUT2D eigenvalue weighted by Crippen LogP contribution is -2.42. The van der Waals surface area contributed by atoms with Gasteiger partial charge in [0.25, 0.3) is 0 Å². The quantitative estimate of drug-likeness (QED) is 0.676. The van der Waals surface area contributed by atoms with Crippen molar-refractivity contribution >= 4 is 33.2 Å². The van der Waals surface area contributed by atoms with Gasteiger partial charge in [0.05, 0.1) is 5.92 Å². The second-order valence-electron chi connectivity index (χ2n) is 7.89. The number of allylic oxidation sites excluding steroid dienone is 2.